The van der Waals surface area contributed by atoms with E-state index >= 15 is 0 Å². The number of aromatic nitrogens is 2. The predicted molar refractivity (Wildman–Crippen MR) is 149 cm³/mol. The third kappa shape index (κ3) is 4.02. The zero-order valence-electron chi connectivity index (χ0n) is 19.4. The van der Waals surface area contributed by atoms with Crippen LogP contribution in [0.4, 0.5) is 10.8 Å². The molecule has 2 aromatic heterocycles. The van der Waals surface area contributed by atoms with E-state index < -0.39 is 0 Å². The molecule has 4 nitrogen and oxygen atoms in total. The van der Waals surface area contributed by atoms with Crippen molar-refractivity contribution in [2.75, 3.05) is 4.90 Å². The van der Waals surface area contributed by atoms with Gasteiger partial charge in [0.15, 0.2) is 5.13 Å². The topological polar surface area (TPSA) is 46.1 Å². The number of benzene rings is 4. The number of hydrogen-bond acceptors (Lipinski definition) is 4. The van der Waals surface area contributed by atoms with Crippen molar-refractivity contribution in [3.63, 3.8) is 0 Å². The molecule has 6 rings (SSSR count). The van der Waals surface area contributed by atoms with Gasteiger partial charge in [0.25, 0.3) is 5.91 Å². The van der Waals surface area contributed by atoms with Crippen LogP contribution in [0.3, 0.4) is 0 Å². The molecule has 36 heavy (non-hydrogen) atoms. The van der Waals surface area contributed by atoms with Crippen LogP contribution < -0.4 is 4.90 Å². The van der Waals surface area contributed by atoms with Crippen LogP contribution in [0.2, 0.25) is 5.02 Å². The van der Waals surface area contributed by atoms with Gasteiger partial charge in [0.1, 0.15) is 0 Å². The smallest absolute Gasteiger partial charge is 0.265 e. The summed E-state index contributed by atoms with van der Waals surface area (Å²) in [5.74, 6) is -0.155. The van der Waals surface area contributed by atoms with Crippen LogP contribution in [0, 0.1) is 6.92 Å². The molecular weight excluding hydrogens is 486 g/mol. The highest BCUT2D eigenvalue weighted by Crippen LogP contribution is 2.37. The Labute approximate surface area is 217 Å². The third-order valence-corrected chi connectivity index (χ3v) is 7.39. The number of thiazole rings is 1. The van der Waals surface area contributed by atoms with E-state index in [1.54, 1.807) is 4.90 Å². The lowest BCUT2D eigenvalue weighted by Gasteiger charge is -2.23. The molecular formula is C30H20ClN3OS. The van der Waals surface area contributed by atoms with Crippen LogP contribution in [0.5, 0.6) is 0 Å². The van der Waals surface area contributed by atoms with Crippen molar-refractivity contribution >= 4 is 60.8 Å². The van der Waals surface area contributed by atoms with Crippen molar-refractivity contribution in [1.82, 2.24) is 9.97 Å². The lowest BCUT2D eigenvalue weighted by Crippen LogP contribution is -2.27. The van der Waals surface area contributed by atoms with Gasteiger partial charge in [0.2, 0.25) is 0 Å². The van der Waals surface area contributed by atoms with E-state index in [0.717, 1.165) is 37.9 Å². The molecule has 1 amide bonds. The van der Waals surface area contributed by atoms with E-state index in [0.29, 0.717) is 21.4 Å². The number of halogens is 1. The predicted octanol–water partition coefficient (Wildman–Crippen LogP) is 8.45. The number of fused-ring (bicyclic) bond motifs is 2. The van der Waals surface area contributed by atoms with Gasteiger partial charge < -0.3 is 0 Å². The largest absolute Gasteiger partial charge is 0.268 e. The first-order chi connectivity index (χ1) is 17.6. The number of carbonyl (C=O) groups is 1. The lowest BCUT2D eigenvalue weighted by atomic mass is 10.0. The fraction of sp³-hybridized carbons (Fsp3) is 0.0333. The average molecular weight is 506 g/mol. The minimum atomic E-state index is -0.155. The molecule has 6 aromatic rings. The van der Waals surface area contributed by atoms with Crippen LogP contribution >= 0.6 is 22.9 Å². The first-order valence-corrected chi connectivity index (χ1v) is 12.7. The van der Waals surface area contributed by atoms with Gasteiger partial charge in [-0.2, -0.15) is 0 Å². The summed E-state index contributed by atoms with van der Waals surface area (Å²) in [5.41, 5.74) is 5.57. The first kappa shape index (κ1) is 22.4. The van der Waals surface area contributed by atoms with Gasteiger partial charge in [-0.1, -0.05) is 83.6 Å². The van der Waals surface area contributed by atoms with Gasteiger partial charge in [-0.25, -0.2) is 9.97 Å². The summed E-state index contributed by atoms with van der Waals surface area (Å²) in [5, 5.41) is 2.07. The van der Waals surface area contributed by atoms with Crippen molar-refractivity contribution in [3.05, 3.63) is 119 Å². The Morgan fingerprint density at radius 1 is 0.806 bits per heavy atom. The Morgan fingerprint density at radius 3 is 2.28 bits per heavy atom. The van der Waals surface area contributed by atoms with Crippen molar-refractivity contribution in [1.29, 1.82) is 0 Å². The maximum absolute atomic E-state index is 14.5. The van der Waals surface area contributed by atoms with Crippen LogP contribution in [-0.4, -0.2) is 15.9 Å². The summed E-state index contributed by atoms with van der Waals surface area (Å²) >= 11 is 7.62. The van der Waals surface area contributed by atoms with Crippen molar-refractivity contribution in [2.24, 2.45) is 0 Å². The van der Waals surface area contributed by atoms with Crippen LogP contribution in [0.1, 0.15) is 15.9 Å². The molecule has 0 aliphatic heterocycles. The fourth-order valence-electron chi connectivity index (χ4n) is 4.31. The summed E-state index contributed by atoms with van der Waals surface area (Å²) in [7, 11) is 0. The first-order valence-electron chi connectivity index (χ1n) is 11.5. The number of rotatable bonds is 4. The van der Waals surface area contributed by atoms with Gasteiger partial charge in [0, 0.05) is 16.0 Å². The van der Waals surface area contributed by atoms with Crippen molar-refractivity contribution in [2.45, 2.75) is 6.92 Å². The zero-order valence-corrected chi connectivity index (χ0v) is 20.9. The van der Waals surface area contributed by atoms with E-state index in [1.807, 2.05) is 110 Å². The van der Waals surface area contributed by atoms with Crippen molar-refractivity contribution < 1.29 is 4.79 Å². The molecule has 0 unspecified atom stereocenters. The second-order valence-corrected chi connectivity index (χ2v) is 9.92. The molecule has 2 heterocycles. The molecule has 4 aromatic carbocycles. The minimum Gasteiger partial charge on any atom is -0.268 e. The quantitative estimate of drug-likeness (QED) is 0.241. The summed E-state index contributed by atoms with van der Waals surface area (Å²) in [6, 6.07) is 32.9. The van der Waals surface area contributed by atoms with E-state index in [9.17, 15) is 4.79 Å². The summed E-state index contributed by atoms with van der Waals surface area (Å²) in [4.78, 5) is 25.9. The Balaban J connectivity index is 1.58. The van der Waals surface area contributed by atoms with Crippen LogP contribution in [-0.2, 0) is 0 Å². The number of para-hydroxylation sites is 3. The van der Waals surface area contributed by atoms with Gasteiger partial charge in [-0.15, -0.1) is 0 Å². The number of hydrogen-bond donors (Lipinski definition) is 0. The van der Waals surface area contributed by atoms with Gasteiger partial charge in [0.05, 0.1) is 32.7 Å². The minimum absolute atomic E-state index is 0.155. The van der Waals surface area contributed by atoms with Gasteiger partial charge >= 0.3 is 0 Å². The molecule has 0 radical (unpaired) electrons. The molecule has 174 valence electrons. The van der Waals surface area contributed by atoms with Crippen LogP contribution in [0.15, 0.2) is 103 Å². The van der Waals surface area contributed by atoms with Crippen molar-refractivity contribution in [3.8, 4) is 11.3 Å². The molecule has 0 bridgehead atoms. The van der Waals surface area contributed by atoms with Gasteiger partial charge in [-0.05, 0) is 55.0 Å². The highest BCUT2D eigenvalue weighted by atomic mass is 35.5. The number of carbonyl (C=O) groups excluding carboxylic acids is 1. The molecule has 0 saturated carbocycles. The Hall–Kier alpha value is -4.06. The molecule has 0 saturated heterocycles. The van der Waals surface area contributed by atoms with Gasteiger partial charge in [-0.3, -0.25) is 9.69 Å². The molecule has 0 spiro atoms. The van der Waals surface area contributed by atoms with E-state index in [2.05, 4.69) is 0 Å². The number of aryl methyl sites for hydroxylation is 1. The monoisotopic (exact) mass is 505 g/mol. The number of amides is 1. The summed E-state index contributed by atoms with van der Waals surface area (Å²) in [6.07, 6.45) is 0. The highest BCUT2D eigenvalue weighted by Gasteiger charge is 2.26. The molecule has 0 aliphatic carbocycles. The number of pyridine rings is 1. The Bertz CT molecular complexity index is 1710. The molecule has 6 heteroatoms. The number of anilines is 2. The van der Waals surface area contributed by atoms with E-state index in [1.165, 1.54) is 11.3 Å². The molecule has 0 atom stereocenters. The molecule has 0 fully saturated rings. The standard InChI is InChI=1S/C30H20ClN3OS/c1-19-8-2-6-12-27(19)34(30-33-25-11-5-7-13-28(25)36-30)29(35)23-18-26(20-14-16-21(31)17-15-20)32-24-10-4-3-9-22(23)24/h2-18H,1H3. The van der Waals surface area contributed by atoms with Crippen LogP contribution in [0.25, 0.3) is 32.4 Å². The fourth-order valence-corrected chi connectivity index (χ4v) is 5.41. The normalized spacial score (nSPS) is 11.2. The Kier molecular flexibility index (Phi) is 5.72. The average Bonchev–Trinajstić information content (AvgIpc) is 3.33. The third-order valence-electron chi connectivity index (χ3n) is 6.12. The molecule has 0 N–H and O–H groups in total. The summed E-state index contributed by atoms with van der Waals surface area (Å²) in [6.45, 7) is 2.01. The number of nitrogens with zero attached hydrogens (tertiary/aromatic N) is 3. The Morgan fingerprint density at radius 2 is 1.50 bits per heavy atom. The second-order valence-electron chi connectivity index (χ2n) is 8.47. The zero-order chi connectivity index (χ0) is 24.6. The SMILES string of the molecule is Cc1ccccc1N(C(=O)c1cc(-c2ccc(Cl)cc2)nc2ccccc12)c1nc2ccccc2s1. The maximum Gasteiger partial charge on any atom is 0.265 e. The molecule has 0 aliphatic rings. The second kappa shape index (κ2) is 9.19. The van der Waals surface area contributed by atoms with E-state index in [4.69, 9.17) is 21.6 Å². The highest BCUT2D eigenvalue weighted by molar-refractivity contribution is 7.22. The maximum atomic E-state index is 14.5. The lowest BCUT2D eigenvalue weighted by molar-refractivity contribution is 0.100. The van der Waals surface area contributed by atoms with E-state index in [-0.39, 0.29) is 5.91 Å². The summed E-state index contributed by atoms with van der Waals surface area (Å²) < 4.78 is 1.03.